The van der Waals surface area contributed by atoms with Crippen molar-refractivity contribution in [1.29, 1.82) is 0 Å². The summed E-state index contributed by atoms with van der Waals surface area (Å²) >= 11 is 0. The van der Waals surface area contributed by atoms with Gasteiger partial charge in [-0.25, -0.2) is 4.79 Å². The quantitative estimate of drug-likeness (QED) is 0.444. The highest BCUT2D eigenvalue weighted by molar-refractivity contribution is 6.05. The normalized spacial score (nSPS) is 15.7. The van der Waals surface area contributed by atoms with Gasteiger partial charge in [0.2, 0.25) is 0 Å². The van der Waals surface area contributed by atoms with Crippen molar-refractivity contribution in [3.8, 4) is 0 Å². The van der Waals surface area contributed by atoms with E-state index in [1.54, 1.807) is 24.3 Å². The molecule has 166 valence electrons. The van der Waals surface area contributed by atoms with E-state index in [0.717, 1.165) is 31.6 Å². The Morgan fingerprint density at radius 3 is 2.61 bits per heavy atom. The van der Waals surface area contributed by atoms with Gasteiger partial charge in [0.05, 0.1) is 24.0 Å². The highest BCUT2D eigenvalue weighted by Gasteiger charge is 2.24. The van der Waals surface area contributed by atoms with Crippen molar-refractivity contribution in [2.24, 2.45) is 0 Å². The largest absolute Gasteiger partial charge is 0.450 e. The van der Waals surface area contributed by atoms with Crippen LogP contribution in [0.1, 0.15) is 23.2 Å². The van der Waals surface area contributed by atoms with E-state index in [9.17, 15) is 9.59 Å². The summed E-state index contributed by atoms with van der Waals surface area (Å²) in [7, 11) is 3.98. The fourth-order valence-electron chi connectivity index (χ4n) is 3.50. The van der Waals surface area contributed by atoms with Gasteiger partial charge < -0.3 is 30.9 Å². The van der Waals surface area contributed by atoms with Crippen LogP contribution in [0.25, 0.3) is 0 Å². The molecule has 8 heteroatoms. The number of nitrogen functional groups attached to an aromatic ring is 1. The number of nitrogens with two attached hydrogens (primary N) is 1. The van der Waals surface area contributed by atoms with E-state index in [4.69, 9.17) is 10.5 Å². The van der Waals surface area contributed by atoms with Crippen molar-refractivity contribution < 1.29 is 14.3 Å². The molecule has 1 atom stereocenters. The van der Waals surface area contributed by atoms with Crippen molar-refractivity contribution in [2.75, 3.05) is 56.3 Å². The standard InChI is InChI=1S/C23H31N5O3/c1-27(2)13-5-15-31-23(30)25-18-12-14-28(16-18)19-10-8-17(9-11-19)22(29)26-21-7-4-3-6-20(21)24/h3-4,6-11,18H,5,12-16,24H2,1-2H3,(H,25,30)(H,26,29). The molecule has 0 bridgehead atoms. The van der Waals surface area contributed by atoms with Crippen LogP contribution in [0.15, 0.2) is 48.5 Å². The van der Waals surface area contributed by atoms with Crippen molar-refractivity contribution >= 4 is 29.1 Å². The van der Waals surface area contributed by atoms with Gasteiger partial charge in [-0.3, -0.25) is 4.79 Å². The minimum atomic E-state index is -0.363. The van der Waals surface area contributed by atoms with Gasteiger partial charge >= 0.3 is 6.09 Å². The Balaban J connectivity index is 1.46. The second kappa shape index (κ2) is 10.7. The van der Waals surface area contributed by atoms with Gasteiger partial charge in [0.25, 0.3) is 5.91 Å². The first-order chi connectivity index (χ1) is 14.9. The van der Waals surface area contributed by atoms with E-state index in [1.165, 1.54) is 0 Å². The Morgan fingerprint density at radius 1 is 1.16 bits per heavy atom. The second-order valence-corrected chi connectivity index (χ2v) is 7.96. The first kappa shape index (κ1) is 22.4. The molecule has 0 aliphatic carbocycles. The lowest BCUT2D eigenvalue weighted by Gasteiger charge is -2.19. The molecule has 4 N–H and O–H groups in total. The maximum atomic E-state index is 12.5. The fourth-order valence-corrected chi connectivity index (χ4v) is 3.50. The molecular weight excluding hydrogens is 394 g/mol. The third kappa shape index (κ3) is 6.62. The molecule has 2 amide bonds. The van der Waals surface area contributed by atoms with E-state index >= 15 is 0 Å². The number of ether oxygens (including phenoxy) is 1. The highest BCUT2D eigenvalue weighted by atomic mass is 16.5. The maximum Gasteiger partial charge on any atom is 0.407 e. The second-order valence-electron chi connectivity index (χ2n) is 7.96. The van der Waals surface area contributed by atoms with Crippen molar-refractivity contribution in [2.45, 2.75) is 18.9 Å². The van der Waals surface area contributed by atoms with Crippen LogP contribution in [0.3, 0.4) is 0 Å². The van der Waals surface area contributed by atoms with Gasteiger partial charge in [-0.2, -0.15) is 0 Å². The first-order valence-corrected chi connectivity index (χ1v) is 10.5. The molecule has 0 spiro atoms. The van der Waals surface area contributed by atoms with Crippen molar-refractivity contribution in [3.05, 3.63) is 54.1 Å². The molecule has 8 nitrogen and oxygen atoms in total. The van der Waals surface area contributed by atoms with Crippen LogP contribution in [0.4, 0.5) is 21.9 Å². The summed E-state index contributed by atoms with van der Waals surface area (Å²) in [6.45, 7) is 2.84. The number of anilines is 3. The van der Waals surface area contributed by atoms with E-state index in [0.29, 0.717) is 30.1 Å². The Morgan fingerprint density at radius 2 is 1.90 bits per heavy atom. The summed E-state index contributed by atoms with van der Waals surface area (Å²) in [5.74, 6) is -0.206. The molecule has 0 aromatic heterocycles. The number of para-hydroxylation sites is 2. The average molecular weight is 426 g/mol. The van der Waals surface area contributed by atoms with Gasteiger partial charge in [-0.05, 0) is 63.3 Å². The average Bonchev–Trinajstić information content (AvgIpc) is 3.21. The Labute approximate surface area is 183 Å². The third-order valence-corrected chi connectivity index (χ3v) is 5.20. The van der Waals surface area contributed by atoms with Gasteiger partial charge in [0.1, 0.15) is 0 Å². The summed E-state index contributed by atoms with van der Waals surface area (Å²) in [6.07, 6.45) is 1.30. The monoisotopic (exact) mass is 425 g/mol. The number of nitrogens with one attached hydrogen (secondary N) is 2. The number of nitrogens with zero attached hydrogens (tertiary/aromatic N) is 2. The number of amides is 2. The number of hydrogen-bond donors (Lipinski definition) is 3. The molecule has 1 aliphatic rings. The van der Waals surface area contributed by atoms with Gasteiger partial charge in [0, 0.05) is 30.9 Å². The van der Waals surface area contributed by atoms with Crippen molar-refractivity contribution in [3.63, 3.8) is 0 Å². The number of rotatable bonds is 8. The summed E-state index contributed by atoms with van der Waals surface area (Å²) < 4.78 is 5.25. The molecule has 1 saturated heterocycles. The predicted molar refractivity (Wildman–Crippen MR) is 124 cm³/mol. The molecule has 1 aliphatic heterocycles. The van der Waals surface area contributed by atoms with Crippen LogP contribution in [-0.4, -0.2) is 63.3 Å². The molecule has 2 aromatic carbocycles. The van der Waals surface area contributed by atoms with E-state index < -0.39 is 0 Å². The van der Waals surface area contributed by atoms with Gasteiger partial charge in [-0.15, -0.1) is 0 Å². The lowest BCUT2D eigenvalue weighted by atomic mass is 10.1. The minimum Gasteiger partial charge on any atom is -0.450 e. The molecule has 1 fully saturated rings. The van der Waals surface area contributed by atoms with Crippen LogP contribution < -0.4 is 21.3 Å². The SMILES string of the molecule is CN(C)CCCOC(=O)NC1CCN(c2ccc(C(=O)Nc3ccccc3N)cc2)C1. The molecule has 1 heterocycles. The zero-order chi connectivity index (χ0) is 22.2. The van der Waals surface area contributed by atoms with E-state index in [1.807, 2.05) is 38.4 Å². The smallest absolute Gasteiger partial charge is 0.407 e. The molecule has 1 unspecified atom stereocenters. The number of benzene rings is 2. The number of hydrogen-bond acceptors (Lipinski definition) is 6. The van der Waals surface area contributed by atoms with Gasteiger partial charge in [0.15, 0.2) is 0 Å². The molecular formula is C23H31N5O3. The molecule has 31 heavy (non-hydrogen) atoms. The summed E-state index contributed by atoms with van der Waals surface area (Å²) in [4.78, 5) is 28.7. The number of carbonyl (C=O) groups excluding carboxylic acids is 2. The maximum absolute atomic E-state index is 12.5. The van der Waals surface area contributed by atoms with Gasteiger partial charge in [-0.1, -0.05) is 12.1 Å². The molecule has 3 rings (SSSR count). The highest BCUT2D eigenvalue weighted by Crippen LogP contribution is 2.22. The predicted octanol–water partition coefficient (Wildman–Crippen LogP) is 2.78. The molecule has 0 radical (unpaired) electrons. The van der Waals surface area contributed by atoms with Crippen LogP contribution in [0, 0.1) is 0 Å². The molecule has 0 saturated carbocycles. The first-order valence-electron chi connectivity index (χ1n) is 10.5. The summed E-state index contributed by atoms with van der Waals surface area (Å²) in [5.41, 5.74) is 8.58. The zero-order valence-electron chi connectivity index (χ0n) is 18.1. The Bertz CT molecular complexity index is 885. The van der Waals surface area contributed by atoms with Crippen LogP contribution in [0.5, 0.6) is 0 Å². The summed E-state index contributed by atoms with van der Waals surface area (Å²) in [5, 5.41) is 5.77. The van der Waals surface area contributed by atoms with Crippen LogP contribution in [0.2, 0.25) is 0 Å². The lowest BCUT2D eigenvalue weighted by molar-refractivity contribution is 0.102. The van der Waals surface area contributed by atoms with Crippen molar-refractivity contribution in [1.82, 2.24) is 10.2 Å². The van der Waals surface area contributed by atoms with Crippen LogP contribution in [-0.2, 0) is 4.74 Å². The number of carbonyl (C=O) groups is 2. The minimum absolute atomic E-state index is 0.0466. The number of alkyl carbamates (subject to hydrolysis) is 1. The topological polar surface area (TPSA) is 99.9 Å². The van der Waals surface area contributed by atoms with E-state index in [2.05, 4.69) is 20.4 Å². The molecule has 2 aromatic rings. The van der Waals surface area contributed by atoms with Crippen LogP contribution >= 0.6 is 0 Å². The van der Waals surface area contributed by atoms with E-state index in [-0.39, 0.29) is 18.0 Å². The lowest BCUT2D eigenvalue weighted by Crippen LogP contribution is -2.37. The Kier molecular flexibility index (Phi) is 7.72. The zero-order valence-corrected chi connectivity index (χ0v) is 18.1. The Hall–Kier alpha value is -3.26. The summed E-state index contributed by atoms with van der Waals surface area (Å²) in [6, 6.07) is 14.6. The third-order valence-electron chi connectivity index (χ3n) is 5.20. The fraction of sp³-hybridized carbons (Fsp3) is 0.391.